The summed E-state index contributed by atoms with van der Waals surface area (Å²) < 4.78 is 0. The van der Waals surface area contributed by atoms with Crippen LogP contribution in [0.3, 0.4) is 0 Å². The molecule has 80 valence electrons. The largest absolute Gasteiger partial charge is 0.303 e. The van der Waals surface area contributed by atoms with Gasteiger partial charge in [0.1, 0.15) is 6.29 Å². The van der Waals surface area contributed by atoms with Crippen molar-refractivity contribution < 1.29 is 9.59 Å². The molecule has 0 N–H and O–H groups in total. The standard InChI is InChI=1S/C13H16O2/c1-4-11-5-6-12(10(3)15)7-13(11)9(2)8-14/h5-9H,4H2,1-3H3. The van der Waals surface area contributed by atoms with E-state index in [0.29, 0.717) is 5.56 Å². The van der Waals surface area contributed by atoms with Gasteiger partial charge in [0, 0.05) is 11.5 Å². The topological polar surface area (TPSA) is 34.1 Å². The summed E-state index contributed by atoms with van der Waals surface area (Å²) in [4.78, 5) is 22.0. The summed E-state index contributed by atoms with van der Waals surface area (Å²) in [7, 11) is 0. The molecule has 0 saturated carbocycles. The Bertz CT molecular complexity index is 380. The number of carbonyl (C=O) groups is 2. The Labute approximate surface area is 90.3 Å². The molecule has 1 aromatic carbocycles. The third kappa shape index (κ3) is 2.52. The van der Waals surface area contributed by atoms with Gasteiger partial charge in [-0.2, -0.15) is 0 Å². The number of hydrogen-bond donors (Lipinski definition) is 0. The monoisotopic (exact) mass is 204 g/mol. The van der Waals surface area contributed by atoms with Crippen molar-refractivity contribution in [3.63, 3.8) is 0 Å². The molecule has 0 radical (unpaired) electrons. The first-order valence-electron chi connectivity index (χ1n) is 5.19. The van der Waals surface area contributed by atoms with Crippen molar-refractivity contribution in [2.45, 2.75) is 33.1 Å². The molecule has 0 spiro atoms. The molecule has 0 heterocycles. The van der Waals surface area contributed by atoms with Gasteiger partial charge in [0.05, 0.1) is 0 Å². The normalized spacial score (nSPS) is 12.2. The minimum absolute atomic E-state index is 0.0389. The lowest BCUT2D eigenvalue weighted by Gasteiger charge is -2.11. The van der Waals surface area contributed by atoms with Gasteiger partial charge in [-0.05, 0) is 30.5 Å². The van der Waals surface area contributed by atoms with Crippen molar-refractivity contribution in [1.82, 2.24) is 0 Å². The Morgan fingerprint density at radius 3 is 2.60 bits per heavy atom. The summed E-state index contributed by atoms with van der Waals surface area (Å²) in [6, 6.07) is 5.59. The predicted octanol–water partition coefficient (Wildman–Crippen LogP) is 2.75. The first-order chi connectivity index (χ1) is 7.10. The van der Waals surface area contributed by atoms with Crippen molar-refractivity contribution >= 4 is 12.1 Å². The van der Waals surface area contributed by atoms with Crippen LogP contribution in [-0.2, 0) is 11.2 Å². The van der Waals surface area contributed by atoms with Gasteiger partial charge in [-0.15, -0.1) is 0 Å². The van der Waals surface area contributed by atoms with Crippen LogP contribution in [0, 0.1) is 0 Å². The molecule has 0 aromatic heterocycles. The van der Waals surface area contributed by atoms with E-state index in [1.807, 2.05) is 32.0 Å². The number of aryl methyl sites for hydroxylation is 1. The van der Waals surface area contributed by atoms with Gasteiger partial charge in [0.2, 0.25) is 0 Å². The maximum absolute atomic E-state index is 11.2. The first kappa shape index (κ1) is 11.6. The number of aldehydes is 1. The fraction of sp³-hybridized carbons (Fsp3) is 0.385. The van der Waals surface area contributed by atoms with Gasteiger partial charge >= 0.3 is 0 Å². The Kier molecular flexibility index (Phi) is 3.78. The maximum Gasteiger partial charge on any atom is 0.159 e. The third-order valence-electron chi connectivity index (χ3n) is 2.63. The van der Waals surface area contributed by atoms with Crippen LogP contribution in [0.2, 0.25) is 0 Å². The molecule has 0 bridgehead atoms. The third-order valence-corrected chi connectivity index (χ3v) is 2.63. The lowest BCUT2D eigenvalue weighted by Crippen LogP contribution is -2.03. The Morgan fingerprint density at radius 2 is 2.13 bits per heavy atom. The van der Waals surface area contributed by atoms with E-state index in [4.69, 9.17) is 0 Å². The first-order valence-corrected chi connectivity index (χ1v) is 5.19. The number of benzene rings is 1. The van der Waals surface area contributed by atoms with Crippen LogP contribution >= 0.6 is 0 Å². The Hall–Kier alpha value is -1.44. The molecule has 0 fully saturated rings. The van der Waals surface area contributed by atoms with Crippen molar-refractivity contribution in [3.8, 4) is 0 Å². The second kappa shape index (κ2) is 4.87. The molecule has 1 aromatic rings. The SMILES string of the molecule is CCc1ccc(C(C)=O)cc1C(C)C=O. The fourth-order valence-corrected chi connectivity index (χ4v) is 1.63. The molecule has 0 aliphatic heterocycles. The second-order valence-corrected chi connectivity index (χ2v) is 3.75. The van der Waals surface area contributed by atoms with Gasteiger partial charge < -0.3 is 4.79 Å². The van der Waals surface area contributed by atoms with Crippen LogP contribution in [0.5, 0.6) is 0 Å². The Morgan fingerprint density at radius 1 is 1.47 bits per heavy atom. The highest BCUT2D eigenvalue weighted by atomic mass is 16.1. The molecule has 2 heteroatoms. The fourth-order valence-electron chi connectivity index (χ4n) is 1.63. The molecular formula is C13H16O2. The summed E-state index contributed by atoms with van der Waals surface area (Å²) in [5.41, 5.74) is 2.79. The van der Waals surface area contributed by atoms with E-state index in [1.54, 1.807) is 0 Å². The highest BCUT2D eigenvalue weighted by Gasteiger charge is 2.11. The van der Waals surface area contributed by atoms with Crippen molar-refractivity contribution in [2.24, 2.45) is 0 Å². The van der Waals surface area contributed by atoms with E-state index in [-0.39, 0.29) is 11.7 Å². The zero-order valence-corrected chi connectivity index (χ0v) is 9.41. The minimum atomic E-state index is -0.140. The van der Waals surface area contributed by atoms with Gasteiger partial charge in [-0.3, -0.25) is 4.79 Å². The van der Waals surface area contributed by atoms with E-state index in [0.717, 1.165) is 23.8 Å². The van der Waals surface area contributed by atoms with Crippen molar-refractivity contribution in [2.75, 3.05) is 0 Å². The van der Waals surface area contributed by atoms with Crippen LogP contribution < -0.4 is 0 Å². The average molecular weight is 204 g/mol. The van der Waals surface area contributed by atoms with Gasteiger partial charge in [-0.25, -0.2) is 0 Å². The molecule has 0 saturated heterocycles. The predicted molar refractivity (Wildman–Crippen MR) is 60.3 cm³/mol. The Balaban J connectivity index is 3.24. The quantitative estimate of drug-likeness (QED) is 0.558. The van der Waals surface area contributed by atoms with E-state index in [1.165, 1.54) is 6.92 Å². The van der Waals surface area contributed by atoms with Crippen molar-refractivity contribution in [1.29, 1.82) is 0 Å². The van der Waals surface area contributed by atoms with Crippen LogP contribution in [-0.4, -0.2) is 12.1 Å². The lowest BCUT2D eigenvalue weighted by atomic mass is 9.92. The number of carbonyl (C=O) groups excluding carboxylic acids is 2. The summed E-state index contributed by atoms with van der Waals surface area (Å²) in [5, 5.41) is 0. The summed E-state index contributed by atoms with van der Waals surface area (Å²) in [6.45, 7) is 5.44. The van der Waals surface area contributed by atoms with Crippen molar-refractivity contribution in [3.05, 3.63) is 34.9 Å². The van der Waals surface area contributed by atoms with E-state index in [2.05, 4.69) is 0 Å². The van der Waals surface area contributed by atoms with E-state index in [9.17, 15) is 9.59 Å². The molecule has 0 aliphatic carbocycles. The van der Waals surface area contributed by atoms with Crippen LogP contribution in [0.15, 0.2) is 18.2 Å². The molecular weight excluding hydrogens is 188 g/mol. The molecule has 15 heavy (non-hydrogen) atoms. The highest BCUT2D eigenvalue weighted by Crippen LogP contribution is 2.21. The van der Waals surface area contributed by atoms with Crippen LogP contribution in [0.4, 0.5) is 0 Å². The minimum Gasteiger partial charge on any atom is -0.303 e. The highest BCUT2D eigenvalue weighted by molar-refractivity contribution is 5.94. The molecule has 1 atom stereocenters. The molecule has 1 unspecified atom stereocenters. The molecule has 0 amide bonds. The van der Waals surface area contributed by atoms with Gasteiger partial charge in [0.25, 0.3) is 0 Å². The maximum atomic E-state index is 11.2. The number of ketones is 1. The number of hydrogen-bond acceptors (Lipinski definition) is 2. The van der Waals surface area contributed by atoms with E-state index >= 15 is 0 Å². The van der Waals surface area contributed by atoms with Crippen LogP contribution in [0.25, 0.3) is 0 Å². The molecule has 1 rings (SSSR count). The zero-order chi connectivity index (χ0) is 11.4. The zero-order valence-electron chi connectivity index (χ0n) is 9.41. The summed E-state index contributed by atoms with van der Waals surface area (Å²) in [6.07, 6.45) is 1.80. The lowest BCUT2D eigenvalue weighted by molar-refractivity contribution is -0.108. The average Bonchev–Trinajstić information content (AvgIpc) is 2.27. The van der Waals surface area contributed by atoms with Gasteiger partial charge in [-0.1, -0.05) is 26.0 Å². The van der Waals surface area contributed by atoms with Gasteiger partial charge in [0.15, 0.2) is 5.78 Å². The summed E-state index contributed by atoms with van der Waals surface area (Å²) in [5.74, 6) is -0.101. The van der Waals surface area contributed by atoms with E-state index < -0.39 is 0 Å². The second-order valence-electron chi connectivity index (χ2n) is 3.75. The smallest absolute Gasteiger partial charge is 0.159 e. The number of rotatable bonds is 4. The molecule has 0 aliphatic rings. The molecule has 2 nitrogen and oxygen atoms in total. The summed E-state index contributed by atoms with van der Waals surface area (Å²) >= 11 is 0. The number of Topliss-reactive ketones (excluding diaryl/α,β-unsaturated/α-hetero) is 1. The van der Waals surface area contributed by atoms with Crippen LogP contribution in [0.1, 0.15) is 48.2 Å².